The molecule has 0 aliphatic rings. The van der Waals surface area contributed by atoms with Crippen molar-refractivity contribution in [1.82, 2.24) is 4.90 Å². The molecule has 0 heterocycles. The summed E-state index contributed by atoms with van der Waals surface area (Å²) in [7, 11) is 1.96. The molecule has 0 fully saturated rings. The number of rotatable bonds is 3. The number of hydrogen-bond donors (Lipinski definition) is 1. The van der Waals surface area contributed by atoms with Gasteiger partial charge in [-0.15, -0.1) is 0 Å². The second-order valence-electron chi connectivity index (χ2n) is 4.37. The fourth-order valence-electron chi connectivity index (χ4n) is 1.82. The van der Waals surface area contributed by atoms with Crippen LogP contribution >= 0.6 is 23.8 Å². The van der Waals surface area contributed by atoms with Crippen LogP contribution in [0.5, 0.6) is 0 Å². The van der Waals surface area contributed by atoms with Crippen LogP contribution < -0.4 is 5.73 Å². The molecule has 2 rings (SSSR count). The zero-order chi connectivity index (χ0) is 13.8. The number of para-hydroxylation sites is 1. The highest BCUT2D eigenvalue weighted by atomic mass is 35.5. The van der Waals surface area contributed by atoms with Gasteiger partial charge in [-0.3, -0.25) is 0 Å². The average molecular weight is 291 g/mol. The van der Waals surface area contributed by atoms with Gasteiger partial charge in [0, 0.05) is 29.9 Å². The largest absolute Gasteiger partial charge is 0.398 e. The number of nitrogens with zero attached hydrogens (tertiary/aromatic N) is 1. The third kappa shape index (κ3) is 3.46. The molecule has 98 valence electrons. The van der Waals surface area contributed by atoms with Gasteiger partial charge in [-0.2, -0.15) is 0 Å². The molecular formula is C15H15ClN2S. The second-order valence-corrected chi connectivity index (χ2v) is 5.19. The van der Waals surface area contributed by atoms with Crippen molar-refractivity contribution < 1.29 is 0 Å². The Labute approximate surface area is 123 Å². The normalized spacial score (nSPS) is 10.2. The maximum Gasteiger partial charge on any atom is 0.109 e. The van der Waals surface area contributed by atoms with Crippen LogP contribution in [0.15, 0.2) is 48.5 Å². The number of benzene rings is 2. The zero-order valence-corrected chi connectivity index (χ0v) is 12.2. The lowest BCUT2D eigenvalue weighted by molar-refractivity contribution is 0.511. The number of anilines is 1. The highest BCUT2D eigenvalue weighted by molar-refractivity contribution is 7.80. The van der Waals surface area contributed by atoms with Crippen molar-refractivity contribution in [2.45, 2.75) is 6.54 Å². The molecule has 2 nitrogen and oxygen atoms in total. The molecule has 0 aliphatic heterocycles. The number of hydrogen-bond acceptors (Lipinski definition) is 2. The number of nitrogens with two attached hydrogens (primary N) is 1. The highest BCUT2D eigenvalue weighted by Crippen LogP contribution is 2.16. The van der Waals surface area contributed by atoms with E-state index in [-0.39, 0.29) is 0 Å². The molecule has 0 radical (unpaired) electrons. The van der Waals surface area contributed by atoms with Crippen molar-refractivity contribution in [3.8, 4) is 0 Å². The van der Waals surface area contributed by atoms with Crippen molar-refractivity contribution in [2.24, 2.45) is 0 Å². The van der Waals surface area contributed by atoms with Gasteiger partial charge in [-0.25, -0.2) is 0 Å². The minimum atomic E-state index is 0.689. The second kappa shape index (κ2) is 6.04. The van der Waals surface area contributed by atoms with E-state index in [0.29, 0.717) is 11.6 Å². The fraction of sp³-hybridized carbons (Fsp3) is 0.133. The van der Waals surface area contributed by atoms with Crippen LogP contribution in [-0.4, -0.2) is 16.9 Å². The predicted octanol–water partition coefficient (Wildman–Crippen LogP) is 3.73. The van der Waals surface area contributed by atoms with E-state index in [1.807, 2.05) is 60.5 Å². The third-order valence-corrected chi connectivity index (χ3v) is 3.70. The number of halogens is 1. The SMILES string of the molecule is CN(Cc1ccccc1N)C(=S)c1ccc(Cl)cc1. The minimum absolute atomic E-state index is 0.689. The van der Waals surface area contributed by atoms with E-state index >= 15 is 0 Å². The standard InChI is InChI=1S/C15H15ClN2S/c1-18(10-12-4-2-3-5-14(12)17)15(19)11-6-8-13(16)9-7-11/h2-9H,10,17H2,1H3. The van der Waals surface area contributed by atoms with Crippen molar-refractivity contribution in [2.75, 3.05) is 12.8 Å². The minimum Gasteiger partial charge on any atom is -0.398 e. The van der Waals surface area contributed by atoms with Gasteiger partial charge in [0.05, 0.1) is 0 Å². The van der Waals surface area contributed by atoms with Crippen LogP contribution in [0.3, 0.4) is 0 Å². The van der Waals surface area contributed by atoms with Crippen molar-refractivity contribution in [3.63, 3.8) is 0 Å². The van der Waals surface area contributed by atoms with E-state index in [9.17, 15) is 0 Å². The summed E-state index contributed by atoms with van der Waals surface area (Å²) in [6.07, 6.45) is 0. The molecule has 2 N–H and O–H groups in total. The van der Waals surface area contributed by atoms with Crippen LogP contribution in [0.25, 0.3) is 0 Å². The monoisotopic (exact) mass is 290 g/mol. The average Bonchev–Trinajstić information content (AvgIpc) is 2.41. The topological polar surface area (TPSA) is 29.3 Å². The molecular weight excluding hydrogens is 276 g/mol. The van der Waals surface area contributed by atoms with Crippen molar-refractivity contribution in [1.29, 1.82) is 0 Å². The lowest BCUT2D eigenvalue weighted by Gasteiger charge is -2.21. The molecule has 0 atom stereocenters. The van der Waals surface area contributed by atoms with Gasteiger partial charge in [-0.05, 0) is 23.8 Å². The third-order valence-electron chi connectivity index (χ3n) is 2.90. The molecule has 0 saturated carbocycles. The molecule has 2 aromatic carbocycles. The summed E-state index contributed by atoms with van der Waals surface area (Å²) < 4.78 is 0. The zero-order valence-electron chi connectivity index (χ0n) is 10.6. The Balaban J connectivity index is 2.12. The molecule has 0 amide bonds. The molecule has 0 spiro atoms. The first kappa shape index (κ1) is 13.8. The van der Waals surface area contributed by atoms with Gasteiger partial charge in [0.2, 0.25) is 0 Å². The van der Waals surface area contributed by atoms with E-state index in [4.69, 9.17) is 29.6 Å². The van der Waals surface area contributed by atoms with Gasteiger partial charge in [-0.1, -0.05) is 54.2 Å². The van der Waals surface area contributed by atoms with Crippen LogP contribution in [0.1, 0.15) is 11.1 Å². The lowest BCUT2D eigenvalue weighted by atomic mass is 10.1. The van der Waals surface area contributed by atoms with Gasteiger partial charge in [0.1, 0.15) is 4.99 Å². The Kier molecular flexibility index (Phi) is 4.40. The first-order valence-corrected chi connectivity index (χ1v) is 6.71. The van der Waals surface area contributed by atoms with Gasteiger partial charge in [0.25, 0.3) is 0 Å². The maximum absolute atomic E-state index is 5.94. The van der Waals surface area contributed by atoms with Crippen LogP contribution in [0, 0.1) is 0 Å². The molecule has 0 saturated heterocycles. The van der Waals surface area contributed by atoms with E-state index in [0.717, 1.165) is 21.8 Å². The van der Waals surface area contributed by atoms with E-state index in [1.165, 1.54) is 0 Å². The fourth-order valence-corrected chi connectivity index (χ4v) is 2.14. The molecule has 2 aromatic rings. The van der Waals surface area contributed by atoms with Gasteiger partial charge in [0.15, 0.2) is 0 Å². The Morgan fingerprint density at radius 3 is 2.42 bits per heavy atom. The van der Waals surface area contributed by atoms with Crippen molar-refractivity contribution in [3.05, 3.63) is 64.7 Å². The number of nitrogen functional groups attached to an aromatic ring is 1. The molecule has 0 aromatic heterocycles. The Morgan fingerprint density at radius 1 is 1.16 bits per heavy atom. The predicted molar refractivity (Wildman–Crippen MR) is 85.5 cm³/mol. The summed E-state index contributed by atoms with van der Waals surface area (Å²) in [5.41, 5.74) is 8.78. The summed E-state index contributed by atoms with van der Waals surface area (Å²) in [5, 5.41) is 0.710. The van der Waals surface area contributed by atoms with Gasteiger partial charge >= 0.3 is 0 Å². The smallest absolute Gasteiger partial charge is 0.109 e. The summed E-state index contributed by atoms with van der Waals surface area (Å²) in [5.74, 6) is 0. The van der Waals surface area contributed by atoms with Crippen LogP contribution in [0.4, 0.5) is 5.69 Å². The van der Waals surface area contributed by atoms with E-state index in [1.54, 1.807) is 0 Å². The van der Waals surface area contributed by atoms with E-state index < -0.39 is 0 Å². The first-order chi connectivity index (χ1) is 9.08. The van der Waals surface area contributed by atoms with Crippen molar-refractivity contribution >= 4 is 34.5 Å². The molecule has 0 aliphatic carbocycles. The number of thiocarbonyl (C=S) groups is 1. The lowest BCUT2D eigenvalue weighted by Crippen LogP contribution is -2.25. The van der Waals surface area contributed by atoms with Crippen LogP contribution in [0.2, 0.25) is 5.02 Å². The summed E-state index contributed by atoms with van der Waals surface area (Å²) >= 11 is 11.3. The first-order valence-electron chi connectivity index (χ1n) is 5.92. The Bertz CT molecular complexity index is 581. The Hall–Kier alpha value is -1.58. The van der Waals surface area contributed by atoms with E-state index in [2.05, 4.69) is 0 Å². The maximum atomic E-state index is 5.94. The molecule has 4 heteroatoms. The molecule has 0 unspecified atom stereocenters. The molecule has 0 bridgehead atoms. The van der Waals surface area contributed by atoms with Crippen LogP contribution in [-0.2, 0) is 6.54 Å². The summed E-state index contributed by atoms with van der Waals surface area (Å²) in [6, 6.07) is 15.3. The Morgan fingerprint density at radius 2 is 1.79 bits per heavy atom. The summed E-state index contributed by atoms with van der Waals surface area (Å²) in [4.78, 5) is 2.78. The van der Waals surface area contributed by atoms with Gasteiger partial charge < -0.3 is 10.6 Å². The summed E-state index contributed by atoms with van der Waals surface area (Å²) in [6.45, 7) is 0.689. The highest BCUT2D eigenvalue weighted by Gasteiger charge is 2.09. The quantitative estimate of drug-likeness (QED) is 0.690. The molecule has 19 heavy (non-hydrogen) atoms.